The summed E-state index contributed by atoms with van der Waals surface area (Å²) >= 11 is 0. The van der Waals surface area contributed by atoms with Gasteiger partial charge in [-0.15, -0.1) is 0 Å². The van der Waals surface area contributed by atoms with Gasteiger partial charge in [-0.3, -0.25) is 0 Å². The lowest BCUT2D eigenvalue weighted by atomic mass is 10.1. The van der Waals surface area contributed by atoms with Crippen molar-refractivity contribution in [3.05, 3.63) is 36.0 Å². The van der Waals surface area contributed by atoms with Gasteiger partial charge in [-0.05, 0) is 31.2 Å². The molecule has 0 fully saturated rings. The number of carbonyl (C=O) groups excluding carboxylic acids is 2. The second kappa shape index (κ2) is 6.10. The molecule has 6 heteroatoms. The van der Waals surface area contributed by atoms with Crippen molar-refractivity contribution >= 4 is 23.0 Å². The minimum absolute atomic E-state index is 0.198. The lowest BCUT2D eigenvalue weighted by molar-refractivity contribution is -0.0811. The van der Waals surface area contributed by atoms with Crippen LogP contribution in [0.2, 0.25) is 0 Å². The minimum atomic E-state index is -1.01. The Labute approximate surface area is 115 Å². The van der Waals surface area contributed by atoms with Crippen LogP contribution < -0.4 is 0 Å². The molecule has 0 radical (unpaired) electrons. The first-order valence-electron chi connectivity index (χ1n) is 6.21. The lowest BCUT2D eigenvalue weighted by Gasteiger charge is -2.13. The van der Waals surface area contributed by atoms with Gasteiger partial charge >= 0.3 is 12.1 Å². The van der Waals surface area contributed by atoms with Crippen LogP contribution in [0.15, 0.2) is 30.5 Å². The average Bonchev–Trinajstić information content (AvgIpc) is 2.85. The van der Waals surface area contributed by atoms with Crippen molar-refractivity contribution in [2.24, 2.45) is 0 Å². The monoisotopic (exact) mass is 277 g/mol. The molecule has 20 heavy (non-hydrogen) atoms. The Kier molecular flexibility index (Phi) is 4.24. The van der Waals surface area contributed by atoms with Crippen LogP contribution in [0.25, 0.3) is 10.9 Å². The second-order valence-electron chi connectivity index (χ2n) is 4.05. The first kappa shape index (κ1) is 13.9. The Balaban J connectivity index is 1.98. The number of nitrogens with one attached hydrogen (secondary N) is 1. The van der Waals surface area contributed by atoms with Gasteiger partial charge in [-0.25, -0.2) is 9.59 Å². The van der Waals surface area contributed by atoms with Crippen molar-refractivity contribution in [2.75, 3.05) is 6.61 Å². The zero-order valence-electron chi connectivity index (χ0n) is 11.2. The Morgan fingerprint density at radius 1 is 1.25 bits per heavy atom. The first-order chi connectivity index (χ1) is 9.60. The number of hydrogen-bond donors (Lipinski definition) is 1. The summed E-state index contributed by atoms with van der Waals surface area (Å²) in [6.45, 7) is 3.30. The van der Waals surface area contributed by atoms with Gasteiger partial charge in [0.25, 0.3) is 0 Å². The summed E-state index contributed by atoms with van der Waals surface area (Å²) in [6, 6.07) is 6.97. The molecule has 2 rings (SSSR count). The van der Waals surface area contributed by atoms with E-state index >= 15 is 0 Å². The van der Waals surface area contributed by atoms with E-state index in [1.54, 1.807) is 31.3 Å². The molecule has 0 aliphatic carbocycles. The maximum Gasteiger partial charge on any atom is 0.511 e. The Hall–Kier alpha value is -2.50. The molecule has 1 N–H and O–H groups in total. The molecular formula is C14H15NO5. The molecule has 0 saturated heterocycles. The largest absolute Gasteiger partial charge is 0.511 e. The molecule has 0 aliphatic heterocycles. The van der Waals surface area contributed by atoms with Crippen LogP contribution in [-0.2, 0) is 14.2 Å². The second-order valence-corrected chi connectivity index (χ2v) is 4.05. The van der Waals surface area contributed by atoms with Crippen molar-refractivity contribution < 1.29 is 23.8 Å². The molecule has 1 unspecified atom stereocenters. The number of fused-ring (bicyclic) bond motifs is 1. The number of rotatable bonds is 4. The van der Waals surface area contributed by atoms with E-state index in [4.69, 9.17) is 9.47 Å². The van der Waals surface area contributed by atoms with Crippen LogP contribution in [-0.4, -0.2) is 30.0 Å². The quantitative estimate of drug-likeness (QED) is 0.686. The van der Waals surface area contributed by atoms with Crippen LogP contribution in [0.3, 0.4) is 0 Å². The number of hydrogen-bond acceptors (Lipinski definition) is 5. The molecule has 106 valence electrons. The highest BCUT2D eigenvalue weighted by atomic mass is 16.8. The zero-order chi connectivity index (χ0) is 14.5. The number of ether oxygens (including phenoxy) is 3. The van der Waals surface area contributed by atoms with E-state index in [0.29, 0.717) is 5.56 Å². The fourth-order valence-corrected chi connectivity index (χ4v) is 1.71. The Bertz CT molecular complexity index is 619. The van der Waals surface area contributed by atoms with E-state index in [-0.39, 0.29) is 6.61 Å². The number of aromatic amines is 1. The van der Waals surface area contributed by atoms with Gasteiger partial charge in [-0.1, -0.05) is 0 Å². The minimum Gasteiger partial charge on any atom is -0.435 e. The van der Waals surface area contributed by atoms with Crippen molar-refractivity contribution in [2.45, 2.75) is 20.1 Å². The maximum absolute atomic E-state index is 11.9. The predicted octanol–water partition coefficient (Wildman–Crippen LogP) is 2.84. The molecule has 0 amide bonds. The highest BCUT2D eigenvalue weighted by molar-refractivity contribution is 5.94. The highest BCUT2D eigenvalue weighted by Crippen LogP contribution is 2.15. The van der Waals surface area contributed by atoms with Crippen LogP contribution >= 0.6 is 0 Å². The summed E-state index contributed by atoms with van der Waals surface area (Å²) < 4.78 is 14.3. The van der Waals surface area contributed by atoms with Crippen molar-refractivity contribution in [1.82, 2.24) is 4.98 Å². The number of carbonyl (C=O) groups is 2. The van der Waals surface area contributed by atoms with Gasteiger partial charge in [0.2, 0.25) is 6.29 Å². The Morgan fingerprint density at radius 3 is 2.80 bits per heavy atom. The SMILES string of the molecule is CCOC(=O)OC(C)OC(=O)c1ccc2[nH]ccc2c1. The summed E-state index contributed by atoms with van der Waals surface area (Å²) in [5, 5.41) is 0.901. The smallest absolute Gasteiger partial charge is 0.435 e. The molecule has 0 aliphatic rings. The number of benzene rings is 1. The topological polar surface area (TPSA) is 77.6 Å². The first-order valence-corrected chi connectivity index (χ1v) is 6.21. The maximum atomic E-state index is 11.9. The average molecular weight is 277 g/mol. The van der Waals surface area contributed by atoms with Crippen LogP contribution in [0, 0.1) is 0 Å². The van der Waals surface area contributed by atoms with E-state index in [9.17, 15) is 9.59 Å². The summed E-state index contributed by atoms with van der Waals surface area (Å²) in [6.07, 6.45) is -0.0934. The fraction of sp³-hybridized carbons (Fsp3) is 0.286. The van der Waals surface area contributed by atoms with Crippen molar-refractivity contribution in [3.63, 3.8) is 0 Å². The van der Waals surface area contributed by atoms with E-state index in [2.05, 4.69) is 9.72 Å². The molecule has 0 bridgehead atoms. The molecule has 1 atom stereocenters. The van der Waals surface area contributed by atoms with Gasteiger partial charge < -0.3 is 19.2 Å². The molecule has 6 nitrogen and oxygen atoms in total. The third-order valence-corrected chi connectivity index (χ3v) is 2.59. The van der Waals surface area contributed by atoms with Crippen molar-refractivity contribution in [3.8, 4) is 0 Å². The van der Waals surface area contributed by atoms with E-state index in [0.717, 1.165) is 10.9 Å². The van der Waals surface area contributed by atoms with E-state index < -0.39 is 18.4 Å². The molecule has 1 aromatic heterocycles. The van der Waals surface area contributed by atoms with Gasteiger partial charge in [0, 0.05) is 24.0 Å². The lowest BCUT2D eigenvalue weighted by Crippen LogP contribution is -2.22. The predicted molar refractivity (Wildman–Crippen MR) is 71.3 cm³/mol. The van der Waals surface area contributed by atoms with E-state index in [1.807, 2.05) is 6.07 Å². The zero-order valence-corrected chi connectivity index (χ0v) is 11.2. The summed E-state index contributed by atoms with van der Waals surface area (Å²) in [7, 11) is 0. The molecular weight excluding hydrogens is 262 g/mol. The third-order valence-electron chi connectivity index (χ3n) is 2.59. The molecule has 1 heterocycles. The molecule has 0 saturated carbocycles. The van der Waals surface area contributed by atoms with E-state index in [1.165, 1.54) is 6.92 Å². The van der Waals surface area contributed by atoms with Crippen molar-refractivity contribution in [1.29, 1.82) is 0 Å². The van der Waals surface area contributed by atoms with Crippen LogP contribution in [0.1, 0.15) is 24.2 Å². The van der Waals surface area contributed by atoms with Gasteiger partial charge in [0.15, 0.2) is 0 Å². The Morgan fingerprint density at radius 2 is 2.05 bits per heavy atom. The standard InChI is InChI=1S/C14H15NO5/c1-3-18-14(17)20-9(2)19-13(16)11-4-5-12-10(8-11)6-7-15-12/h4-9,15H,3H2,1-2H3. The number of H-pyrrole nitrogens is 1. The molecule has 0 spiro atoms. The van der Waals surface area contributed by atoms with Crippen LogP contribution in [0.4, 0.5) is 4.79 Å². The summed E-state index contributed by atoms with van der Waals surface area (Å²) in [5.74, 6) is -0.565. The van der Waals surface area contributed by atoms with Gasteiger partial charge in [0.05, 0.1) is 12.2 Å². The normalized spacial score (nSPS) is 11.9. The van der Waals surface area contributed by atoms with Gasteiger partial charge in [-0.2, -0.15) is 0 Å². The summed E-state index contributed by atoms with van der Waals surface area (Å²) in [5.41, 5.74) is 1.31. The molecule has 1 aromatic carbocycles. The number of esters is 1. The van der Waals surface area contributed by atoms with Gasteiger partial charge in [0.1, 0.15) is 0 Å². The van der Waals surface area contributed by atoms with Crippen LogP contribution in [0.5, 0.6) is 0 Å². The summed E-state index contributed by atoms with van der Waals surface area (Å²) in [4.78, 5) is 26.0. The molecule has 2 aromatic rings. The fourth-order valence-electron chi connectivity index (χ4n) is 1.71. The third kappa shape index (κ3) is 3.28. The number of aromatic nitrogens is 1. The highest BCUT2D eigenvalue weighted by Gasteiger charge is 2.16.